The molecular weight excluding hydrogens is 621 g/mol. The molecule has 4 heteroatoms. The third-order valence-electron chi connectivity index (χ3n) is 9.54. The highest BCUT2D eigenvalue weighted by Gasteiger charge is 2.23. The first kappa shape index (κ1) is 30.4. The van der Waals surface area contributed by atoms with Gasteiger partial charge in [-0.3, -0.25) is 0 Å². The summed E-state index contributed by atoms with van der Waals surface area (Å²) >= 11 is 0. The minimum Gasteiger partial charge on any atom is -0.308 e. The Kier molecular flexibility index (Phi) is 7.55. The van der Waals surface area contributed by atoms with Gasteiger partial charge in [-0.1, -0.05) is 145 Å². The molecule has 0 saturated carbocycles. The molecule has 0 aliphatic rings. The zero-order chi connectivity index (χ0) is 34.3. The highest BCUT2D eigenvalue weighted by molar-refractivity contribution is 6.11. The van der Waals surface area contributed by atoms with E-state index in [1.807, 2.05) is 60.7 Å². The smallest absolute Gasteiger partial charge is 0.164 e. The van der Waals surface area contributed by atoms with Crippen molar-refractivity contribution in [1.29, 1.82) is 0 Å². The summed E-state index contributed by atoms with van der Waals surface area (Å²) in [6, 6.07) is 59.7. The van der Waals surface area contributed by atoms with Crippen molar-refractivity contribution >= 4 is 21.8 Å². The van der Waals surface area contributed by atoms with Crippen molar-refractivity contribution in [2.75, 3.05) is 0 Å². The molecule has 0 amide bonds. The van der Waals surface area contributed by atoms with E-state index in [9.17, 15) is 0 Å². The van der Waals surface area contributed by atoms with E-state index >= 15 is 0 Å². The van der Waals surface area contributed by atoms with Gasteiger partial charge in [-0.15, -0.1) is 0 Å². The van der Waals surface area contributed by atoms with Gasteiger partial charge in [0.2, 0.25) is 0 Å². The quantitative estimate of drug-likeness (QED) is 0.179. The van der Waals surface area contributed by atoms with Crippen LogP contribution in [-0.4, -0.2) is 19.5 Å². The number of aryl methyl sites for hydroxylation is 2. The Morgan fingerprint density at radius 3 is 1.10 bits per heavy atom. The predicted molar refractivity (Wildman–Crippen MR) is 211 cm³/mol. The van der Waals surface area contributed by atoms with Crippen molar-refractivity contribution in [3.8, 4) is 62.1 Å². The molecule has 0 bridgehead atoms. The van der Waals surface area contributed by atoms with E-state index in [2.05, 4.69) is 128 Å². The van der Waals surface area contributed by atoms with Gasteiger partial charge in [-0.2, -0.15) is 0 Å². The monoisotopic (exact) mass is 654 g/mol. The Morgan fingerprint density at radius 2 is 0.706 bits per heavy atom. The summed E-state index contributed by atoms with van der Waals surface area (Å²) < 4.78 is 2.45. The Hall–Kier alpha value is -6.65. The van der Waals surface area contributed by atoms with Crippen LogP contribution in [0, 0.1) is 13.8 Å². The van der Waals surface area contributed by atoms with Crippen molar-refractivity contribution in [1.82, 2.24) is 19.5 Å². The third kappa shape index (κ3) is 5.57. The molecule has 0 aliphatic heterocycles. The average Bonchev–Trinajstić information content (AvgIpc) is 3.50. The normalized spacial score (nSPS) is 11.3. The number of hydrogen-bond acceptors (Lipinski definition) is 3. The molecule has 2 heterocycles. The zero-order valence-electron chi connectivity index (χ0n) is 28.5. The molecule has 9 rings (SSSR count). The van der Waals surface area contributed by atoms with Crippen LogP contribution in [0.2, 0.25) is 0 Å². The first-order valence-corrected chi connectivity index (χ1v) is 17.3. The number of aromatic nitrogens is 4. The fourth-order valence-corrected chi connectivity index (χ4v) is 7.11. The molecule has 242 valence electrons. The lowest BCUT2D eigenvalue weighted by Crippen LogP contribution is -2.04. The van der Waals surface area contributed by atoms with Gasteiger partial charge in [0.1, 0.15) is 0 Å². The van der Waals surface area contributed by atoms with Crippen LogP contribution in [0.15, 0.2) is 170 Å². The van der Waals surface area contributed by atoms with Crippen molar-refractivity contribution in [3.05, 3.63) is 181 Å². The SMILES string of the molecule is Cc1ccc2c(c1)c1cc(C)ccc1n2-c1c(-c2ccccc2)cc(-c2nc(-c3ccccc3)nc(-c3ccccc3)n2)cc1-c1ccccc1. The van der Waals surface area contributed by atoms with Crippen molar-refractivity contribution in [2.24, 2.45) is 0 Å². The first-order chi connectivity index (χ1) is 25.1. The second-order valence-electron chi connectivity index (χ2n) is 13.1. The van der Waals surface area contributed by atoms with Gasteiger partial charge in [-0.05, 0) is 61.4 Å². The van der Waals surface area contributed by atoms with Gasteiger partial charge in [0.15, 0.2) is 17.5 Å². The topological polar surface area (TPSA) is 43.6 Å². The van der Waals surface area contributed by atoms with E-state index in [-0.39, 0.29) is 0 Å². The standard InChI is InChI=1S/C47H34N4/c1-31-23-25-42-40(27-31)41-28-32(2)24-26-43(41)51(42)44-38(33-15-7-3-8-16-33)29-37(30-39(44)34-17-9-4-10-18-34)47-49-45(35-19-11-5-12-20-35)48-46(50-47)36-21-13-6-14-22-36/h3-30H,1-2H3. The second kappa shape index (κ2) is 12.7. The lowest BCUT2D eigenvalue weighted by atomic mass is 9.92. The summed E-state index contributed by atoms with van der Waals surface area (Å²) in [6.45, 7) is 4.33. The maximum atomic E-state index is 5.15. The van der Waals surface area contributed by atoms with Gasteiger partial charge < -0.3 is 4.57 Å². The second-order valence-corrected chi connectivity index (χ2v) is 13.1. The molecule has 7 aromatic carbocycles. The third-order valence-corrected chi connectivity index (χ3v) is 9.54. The number of rotatable bonds is 6. The molecule has 4 nitrogen and oxygen atoms in total. The highest BCUT2D eigenvalue weighted by Crippen LogP contribution is 2.44. The van der Waals surface area contributed by atoms with Crippen LogP contribution in [0.4, 0.5) is 0 Å². The zero-order valence-corrected chi connectivity index (χ0v) is 28.5. The summed E-state index contributed by atoms with van der Waals surface area (Å²) in [7, 11) is 0. The fraction of sp³-hybridized carbons (Fsp3) is 0.0426. The summed E-state index contributed by atoms with van der Waals surface area (Å²) in [5, 5.41) is 2.49. The van der Waals surface area contributed by atoms with Gasteiger partial charge >= 0.3 is 0 Å². The van der Waals surface area contributed by atoms with Gasteiger partial charge in [0, 0.05) is 38.6 Å². The summed E-state index contributed by atoms with van der Waals surface area (Å²) in [6.07, 6.45) is 0. The molecule has 0 unspecified atom stereocenters. The Labute approximate surface area is 297 Å². The molecule has 0 atom stereocenters. The van der Waals surface area contributed by atoms with Crippen molar-refractivity contribution < 1.29 is 0 Å². The van der Waals surface area contributed by atoms with Crippen LogP contribution < -0.4 is 0 Å². The number of hydrogen-bond donors (Lipinski definition) is 0. The van der Waals surface area contributed by atoms with Crippen LogP contribution in [0.1, 0.15) is 11.1 Å². The maximum absolute atomic E-state index is 5.15. The molecule has 0 aliphatic carbocycles. The summed E-state index contributed by atoms with van der Waals surface area (Å²) in [5.41, 5.74) is 13.1. The molecule has 2 aromatic heterocycles. The Balaban J connectivity index is 1.41. The number of benzene rings is 7. The van der Waals surface area contributed by atoms with Crippen LogP contribution in [0.25, 0.3) is 83.9 Å². The predicted octanol–water partition coefficient (Wildman–Crippen LogP) is 11.9. The Morgan fingerprint density at radius 1 is 0.353 bits per heavy atom. The van der Waals surface area contributed by atoms with Crippen molar-refractivity contribution in [2.45, 2.75) is 13.8 Å². The van der Waals surface area contributed by atoms with Crippen LogP contribution in [0.3, 0.4) is 0 Å². The molecule has 51 heavy (non-hydrogen) atoms. The summed E-state index contributed by atoms with van der Waals surface area (Å²) in [5.74, 6) is 1.90. The molecule has 0 spiro atoms. The molecule has 0 N–H and O–H groups in total. The highest BCUT2D eigenvalue weighted by atomic mass is 15.0. The van der Waals surface area contributed by atoms with E-state index in [1.165, 1.54) is 32.9 Å². The van der Waals surface area contributed by atoms with E-state index < -0.39 is 0 Å². The fourth-order valence-electron chi connectivity index (χ4n) is 7.11. The molecule has 0 radical (unpaired) electrons. The summed E-state index contributed by atoms with van der Waals surface area (Å²) in [4.78, 5) is 15.3. The lowest BCUT2D eigenvalue weighted by molar-refractivity contribution is 1.07. The number of nitrogens with zero attached hydrogens (tertiary/aromatic N) is 4. The van der Waals surface area contributed by atoms with E-state index in [0.717, 1.165) is 44.6 Å². The van der Waals surface area contributed by atoms with Crippen LogP contribution >= 0.6 is 0 Å². The van der Waals surface area contributed by atoms with E-state index in [4.69, 9.17) is 15.0 Å². The molecule has 0 fully saturated rings. The maximum Gasteiger partial charge on any atom is 0.164 e. The minimum absolute atomic E-state index is 0.622. The van der Waals surface area contributed by atoms with Crippen LogP contribution in [-0.2, 0) is 0 Å². The Bertz CT molecular complexity index is 2500. The molecule has 0 saturated heterocycles. The molecule has 9 aromatic rings. The largest absolute Gasteiger partial charge is 0.308 e. The van der Waals surface area contributed by atoms with E-state index in [1.54, 1.807) is 0 Å². The molecular formula is C47H34N4. The van der Waals surface area contributed by atoms with Crippen LogP contribution in [0.5, 0.6) is 0 Å². The van der Waals surface area contributed by atoms with Crippen molar-refractivity contribution in [3.63, 3.8) is 0 Å². The average molecular weight is 655 g/mol. The van der Waals surface area contributed by atoms with E-state index in [0.29, 0.717) is 17.5 Å². The lowest BCUT2D eigenvalue weighted by Gasteiger charge is -2.21. The first-order valence-electron chi connectivity index (χ1n) is 17.3. The van der Waals surface area contributed by atoms with Gasteiger partial charge in [0.05, 0.1) is 16.7 Å². The van der Waals surface area contributed by atoms with Gasteiger partial charge in [0.25, 0.3) is 0 Å². The van der Waals surface area contributed by atoms with Gasteiger partial charge in [-0.25, -0.2) is 15.0 Å². The minimum atomic E-state index is 0.622. The number of fused-ring (bicyclic) bond motifs is 3.